The third-order valence-corrected chi connectivity index (χ3v) is 4.64. The molecule has 6 nitrogen and oxygen atoms in total. The highest BCUT2D eigenvalue weighted by Crippen LogP contribution is 2.28. The topological polar surface area (TPSA) is 90.7 Å². The molecule has 1 atom stereocenters. The number of nitrogens with zero attached hydrogens (tertiary/aromatic N) is 1. The summed E-state index contributed by atoms with van der Waals surface area (Å²) in [5.74, 6) is 1.88. The molecule has 3 aromatic rings. The summed E-state index contributed by atoms with van der Waals surface area (Å²) in [6, 6.07) is 11.6. The van der Waals surface area contributed by atoms with Gasteiger partial charge in [0.15, 0.2) is 17.1 Å². The fraction of sp³-hybridized carbons (Fsp3) is 0.318. The molecule has 6 heteroatoms. The molecule has 3 rings (SSSR count). The van der Waals surface area contributed by atoms with Crippen LogP contribution in [0, 0.1) is 0 Å². The Morgan fingerprint density at radius 2 is 1.89 bits per heavy atom. The van der Waals surface area contributed by atoms with Gasteiger partial charge in [-0.3, -0.25) is 0 Å². The van der Waals surface area contributed by atoms with Crippen LogP contribution in [0.2, 0.25) is 0 Å². The summed E-state index contributed by atoms with van der Waals surface area (Å²) in [6.07, 6.45) is 5.20. The van der Waals surface area contributed by atoms with E-state index in [0.29, 0.717) is 23.8 Å². The van der Waals surface area contributed by atoms with Gasteiger partial charge in [-0.15, -0.1) is 0 Å². The van der Waals surface area contributed by atoms with Crippen molar-refractivity contribution in [2.45, 2.75) is 25.3 Å². The highest BCUT2D eigenvalue weighted by Gasteiger charge is 2.16. The molecule has 0 aliphatic heterocycles. The van der Waals surface area contributed by atoms with Crippen molar-refractivity contribution in [3.8, 4) is 11.5 Å². The van der Waals surface area contributed by atoms with Crippen LogP contribution in [-0.2, 0) is 6.42 Å². The van der Waals surface area contributed by atoms with E-state index in [0.717, 1.165) is 28.6 Å². The first-order valence-electron chi connectivity index (χ1n) is 9.13. The minimum absolute atomic E-state index is 0.0374. The Hall–Kier alpha value is -2.83. The molecule has 0 aliphatic rings. The maximum atomic E-state index is 9.29. The molecule has 0 unspecified atom stereocenters. The lowest BCUT2D eigenvalue weighted by Gasteiger charge is -2.21. The van der Waals surface area contributed by atoms with Gasteiger partial charge in [-0.25, -0.2) is 4.98 Å². The second-order valence-corrected chi connectivity index (χ2v) is 7.11. The van der Waals surface area contributed by atoms with Crippen molar-refractivity contribution in [1.82, 2.24) is 4.98 Å². The zero-order chi connectivity index (χ0) is 20.1. The highest BCUT2D eigenvalue weighted by molar-refractivity contribution is 5.77. The highest BCUT2D eigenvalue weighted by atomic mass is 16.5. The van der Waals surface area contributed by atoms with Gasteiger partial charge < -0.3 is 24.7 Å². The van der Waals surface area contributed by atoms with Gasteiger partial charge in [-0.2, -0.15) is 0 Å². The Morgan fingerprint density at radius 3 is 2.61 bits per heavy atom. The molecule has 1 aromatic heterocycles. The lowest BCUT2D eigenvalue weighted by Crippen LogP contribution is -2.40. The van der Waals surface area contributed by atoms with Gasteiger partial charge in [0, 0.05) is 11.6 Å². The van der Waals surface area contributed by atoms with Crippen molar-refractivity contribution < 1.29 is 19.0 Å². The molecule has 0 fully saturated rings. The van der Waals surface area contributed by atoms with Crippen LogP contribution in [-0.4, -0.2) is 36.5 Å². The predicted octanol–water partition coefficient (Wildman–Crippen LogP) is 3.66. The van der Waals surface area contributed by atoms with Crippen molar-refractivity contribution in [3.05, 3.63) is 53.4 Å². The number of aromatic nitrogens is 1. The summed E-state index contributed by atoms with van der Waals surface area (Å²) in [5.41, 5.74) is 9.02. The maximum Gasteiger partial charge on any atom is 0.220 e. The molecule has 0 saturated carbocycles. The molecule has 1 heterocycles. The third kappa shape index (κ3) is 4.71. The van der Waals surface area contributed by atoms with Gasteiger partial charge in [-0.1, -0.05) is 12.1 Å². The molecule has 0 amide bonds. The smallest absolute Gasteiger partial charge is 0.220 e. The SMILES string of the molecule is COc1ccc(/C=C/c2nc3cc(CC[C@@](C)(N)CO)ccc3o2)cc1OC. The molecule has 28 heavy (non-hydrogen) atoms. The number of hydrogen-bond donors (Lipinski definition) is 2. The zero-order valence-electron chi connectivity index (χ0n) is 16.4. The number of aryl methyl sites for hydroxylation is 1. The van der Waals surface area contributed by atoms with Crippen LogP contribution in [0.25, 0.3) is 23.3 Å². The monoisotopic (exact) mass is 382 g/mol. The van der Waals surface area contributed by atoms with E-state index in [-0.39, 0.29) is 6.61 Å². The molecular formula is C22H26N2O4. The summed E-state index contributed by atoms with van der Waals surface area (Å²) in [7, 11) is 3.22. The average Bonchev–Trinajstić information content (AvgIpc) is 3.12. The number of aliphatic hydroxyl groups is 1. The van der Waals surface area contributed by atoms with Gasteiger partial charge in [0.1, 0.15) is 5.52 Å². The van der Waals surface area contributed by atoms with Crippen molar-refractivity contribution in [2.24, 2.45) is 5.73 Å². The number of ether oxygens (including phenoxy) is 2. The van der Waals surface area contributed by atoms with E-state index in [1.165, 1.54) is 0 Å². The Bertz CT molecular complexity index is 976. The molecule has 0 bridgehead atoms. The normalized spacial score (nSPS) is 13.8. The molecule has 0 saturated heterocycles. The van der Waals surface area contributed by atoms with Gasteiger partial charge in [0.25, 0.3) is 0 Å². The zero-order valence-corrected chi connectivity index (χ0v) is 16.4. The number of benzene rings is 2. The van der Waals surface area contributed by atoms with Crippen LogP contribution in [0.15, 0.2) is 40.8 Å². The third-order valence-electron chi connectivity index (χ3n) is 4.64. The Balaban J connectivity index is 1.76. The molecule has 3 N–H and O–H groups in total. The number of nitrogens with two attached hydrogens (primary N) is 1. The minimum atomic E-state index is -0.577. The number of methoxy groups -OCH3 is 2. The van der Waals surface area contributed by atoms with Crippen LogP contribution in [0.3, 0.4) is 0 Å². The van der Waals surface area contributed by atoms with Crippen LogP contribution in [0.4, 0.5) is 0 Å². The van der Waals surface area contributed by atoms with Crippen molar-refractivity contribution in [3.63, 3.8) is 0 Å². The summed E-state index contributed by atoms with van der Waals surface area (Å²) in [5, 5.41) is 9.29. The largest absolute Gasteiger partial charge is 0.493 e. The lowest BCUT2D eigenvalue weighted by atomic mass is 9.95. The number of rotatable bonds is 8. The molecule has 0 radical (unpaired) electrons. The van der Waals surface area contributed by atoms with E-state index < -0.39 is 5.54 Å². The molecule has 2 aromatic carbocycles. The quantitative estimate of drug-likeness (QED) is 0.618. The first kappa shape index (κ1) is 19.9. The van der Waals surface area contributed by atoms with Gasteiger partial charge in [0.05, 0.1) is 20.8 Å². The number of fused-ring (bicyclic) bond motifs is 1. The van der Waals surface area contributed by atoms with Crippen LogP contribution >= 0.6 is 0 Å². The van der Waals surface area contributed by atoms with Gasteiger partial charge in [-0.05, 0) is 61.2 Å². The first-order chi connectivity index (χ1) is 13.4. The molecule has 0 spiro atoms. The van der Waals surface area contributed by atoms with Crippen LogP contribution in [0.1, 0.15) is 30.4 Å². The van der Waals surface area contributed by atoms with E-state index in [1.807, 2.05) is 55.5 Å². The summed E-state index contributed by atoms with van der Waals surface area (Å²) < 4.78 is 16.4. The van der Waals surface area contributed by atoms with E-state index in [9.17, 15) is 5.11 Å². The lowest BCUT2D eigenvalue weighted by molar-refractivity contribution is 0.200. The van der Waals surface area contributed by atoms with Crippen molar-refractivity contribution >= 4 is 23.3 Å². The predicted molar refractivity (Wildman–Crippen MR) is 110 cm³/mol. The molecular weight excluding hydrogens is 356 g/mol. The second kappa shape index (κ2) is 8.46. The van der Waals surface area contributed by atoms with Gasteiger partial charge in [0.2, 0.25) is 5.89 Å². The standard InChI is InChI=1S/C22H26N2O4/c1-22(23,14-25)11-10-16-4-7-18-17(12-16)24-21(28-18)9-6-15-5-8-19(26-2)20(13-15)27-3/h4-9,12-13,25H,10-11,14,23H2,1-3H3/b9-6+/t22-/m1/s1. The summed E-state index contributed by atoms with van der Waals surface area (Å²) in [6.45, 7) is 1.81. The second-order valence-electron chi connectivity index (χ2n) is 7.11. The van der Waals surface area contributed by atoms with Crippen LogP contribution < -0.4 is 15.2 Å². The number of hydrogen-bond acceptors (Lipinski definition) is 6. The Labute approximate surface area is 164 Å². The molecule has 0 aliphatic carbocycles. The van der Waals surface area contributed by atoms with Crippen molar-refractivity contribution in [1.29, 1.82) is 0 Å². The summed E-state index contributed by atoms with van der Waals surface area (Å²) in [4.78, 5) is 4.54. The fourth-order valence-corrected chi connectivity index (χ4v) is 2.85. The first-order valence-corrected chi connectivity index (χ1v) is 9.13. The molecule has 148 valence electrons. The van der Waals surface area contributed by atoms with Gasteiger partial charge >= 0.3 is 0 Å². The van der Waals surface area contributed by atoms with E-state index in [4.69, 9.17) is 19.6 Å². The van der Waals surface area contributed by atoms with E-state index in [1.54, 1.807) is 14.2 Å². The van der Waals surface area contributed by atoms with Crippen molar-refractivity contribution in [2.75, 3.05) is 20.8 Å². The Kier molecular flexibility index (Phi) is 6.02. The average molecular weight is 382 g/mol. The fourth-order valence-electron chi connectivity index (χ4n) is 2.85. The van der Waals surface area contributed by atoms with E-state index >= 15 is 0 Å². The number of oxazole rings is 1. The summed E-state index contributed by atoms with van der Waals surface area (Å²) >= 11 is 0. The number of aliphatic hydroxyl groups excluding tert-OH is 1. The van der Waals surface area contributed by atoms with E-state index in [2.05, 4.69) is 4.98 Å². The Morgan fingerprint density at radius 1 is 1.11 bits per heavy atom. The minimum Gasteiger partial charge on any atom is -0.493 e. The van der Waals surface area contributed by atoms with Crippen LogP contribution in [0.5, 0.6) is 11.5 Å². The maximum absolute atomic E-state index is 9.29.